The van der Waals surface area contributed by atoms with Crippen molar-refractivity contribution in [2.75, 3.05) is 31.6 Å². The van der Waals surface area contributed by atoms with Crippen LogP contribution in [0.2, 0.25) is 0 Å². The Morgan fingerprint density at radius 3 is 2.83 bits per heavy atom. The molecule has 2 aromatic rings. The van der Waals surface area contributed by atoms with Crippen molar-refractivity contribution in [3.8, 4) is 5.75 Å². The number of rotatable bonds is 6. The molecule has 3 rings (SSSR count). The van der Waals surface area contributed by atoms with Gasteiger partial charge in [-0.05, 0) is 36.6 Å². The SMILES string of the molecule is COc1ccccc1C(=O)NCCCN1CCc2ccccc21. The van der Waals surface area contributed by atoms with Gasteiger partial charge in [-0.3, -0.25) is 4.79 Å². The van der Waals surface area contributed by atoms with E-state index in [0.717, 1.165) is 25.9 Å². The van der Waals surface area contributed by atoms with Gasteiger partial charge in [0.05, 0.1) is 12.7 Å². The molecule has 1 amide bonds. The lowest BCUT2D eigenvalue weighted by molar-refractivity contribution is 0.0950. The molecule has 1 N–H and O–H groups in total. The van der Waals surface area contributed by atoms with Crippen molar-refractivity contribution in [3.63, 3.8) is 0 Å². The van der Waals surface area contributed by atoms with Crippen LogP contribution >= 0.6 is 0 Å². The Balaban J connectivity index is 1.48. The lowest BCUT2D eigenvalue weighted by atomic mass is 10.2. The Morgan fingerprint density at radius 1 is 1.17 bits per heavy atom. The second kappa shape index (κ2) is 7.18. The standard InChI is InChI=1S/C19H22N2O2/c1-23-18-10-5-3-8-16(18)19(22)20-12-6-13-21-14-11-15-7-2-4-9-17(15)21/h2-5,7-10H,6,11-14H2,1H3,(H,20,22). The van der Waals surface area contributed by atoms with E-state index in [9.17, 15) is 4.79 Å². The Labute approximate surface area is 137 Å². The van der Waals surface area contributed by atoms with Gasteiger partial charge in [-0.1, -0.05) is 30.3 Å². The predicted octanol–water partition coefficient (Wildman–Crippen LogP) is 2.88. The maximum absolute atomic E-state index is 12.2. The van der Waals surface area contributed by atoms with Crippen LogP contribution in [0.15, 0.2) is 48.5 Å². The zero-order valence-electron chi connectivity index (χ0n) is 13.4. The van der Waals surface area contributed by atoms with Crippen LogP contribution in [0.5, 0.6) is 5.75 Å². The van der Waals surface area contributed by atoms with E-state index >= 15 is 0 Å². The summed E-state index contributed by atoms with van der Waals surface area (Å²) in [5, 5.41) is 2.98. The van der Waals surface area contributed by atoms with Gasteiger partial charge >= 0.3 is 0 Å². The van der Waals surface area contributed by atoms with Crippen molar-refractivity contribution in [1.29, 1.82) is 0 Å². The van der Waals surface area contributed by atoms with Crippen LogP contribution < -0.4 is 15.0 Å². The molecular formula is C19H22N2O2. The zero-order chi connectivity index (χ0) is 16.1. The molecule has 1 heterocycles. The van der Waals surface area contributed by atoms with Gasteiger partial charge in [0.1, 0.15) is 5.75 Å². The Bertz CT molecular complexity index is 685. The van der Waals surface area contributed by atoms with E-state index < -0.39 is 0 Å². The molecule has 0 aliphatic carbocycles. The molecule has 2 aromatic carbocycles. The fraction of sp³-hybridized carbons (Fsp3) is 0.316. The largest absolute Gasteiger partial charge is 0.496 e. The molecule has 1 aliphatic rings. The van der Waals surface area contributed by atoms with E-state index in [1.807, 2.05) is 12.1 Å². The highest BCUT2D eigenvalue weighted by atomic mass is 16.5. The van der Waals surface area contributed by atoms with Crippen molar-refractivity contribution in [1.82, 2.24) is 5.32 Å². The number of amides is 1. The summed E-state index contributed by atoms with van der Waals surface area (Å²) < 4.78 is 5.22. The third kappa shape index (κ3) is 3.47. The minimum absolute atomic E-state index is 0.0794. The highest BCUT2D eigenvalue weighted by Gasteiger charge is 2.17. The Morgan fingerprint density at radius 2 is 1.96 bits per heavy atom. The normalized spacial score (nSPS) is 12.8. The van der Waals surface area contributed by atoms with Crippen LogP contribution in [0.25, 0.3) is 0 Å². The first-order valence-electron chi connectivity index (χ1n) is 8.03. The monoisotopic (exact) mass is 310 g/mol. The molecule has 120 valence electrons. The summed E-state index contributed by atoms with van der Waals surface area (Å²) in [5.41, 5.74) is 3.34. The number of carbonyl (C=O) groups excluding carboxylic acids is 1. The summed E-state index contributed by atoms with van der Waals surface area (Å²) in [7, 11) is 1.58. The lowest BCUT2D eigenvalue weighted by Gasteiger charge is -2.19. The molecule has 4 nitrogen and oxygen atoms in total. The Hall–Kier alpha value is -2.49. The number of ether oxygens (including phenoxy) is 1. The van der Waals surface area contributed by atoms with Gasteiger partial charge in [0, 0.05) is 25.3 Å². The number of para-hydroxylation sites is 2. The van der Waals surface area contributed by atoms with E-state index in [0.29, 0.717) is 17.9 Å². The predicted molar refractivity (Wildman–Crippen MR) is 92.3 cm³/mol. The highest BCUT2D eigenvalue weighted by Crippen LogP contribution is 2.27. The minimum Gasteiger partial charge on any atom is -0.496 e. The number of methoxy groups -OCH3 is 1. The van der Waals surface area contributed by atoms with Gasteiger partial charge in [-0.15, -0.1) is 0 Å². The van der Waals surface area contributed by atoms with Crippen LogP contribution in [0.3, 0.4) is 0 Å². The smallest absolute Gasteiger partial charge is 0.255 e. The first-order valence-corrected chi connectivity index (χ1v) is 8.03. The van der Waals surface area contributed by atoms with Gasteiger partial charge in [0.15, 0.2) is 0 Å². The second-order valence-corrected chi connectivity index (χ2v) is 5.68. The third-order valence-corrected chi connectivity index (χ3v) is 4.23. The summed E-state index contributed by atoms with van der Waals surface area (Å²) in [4.78, 5) is 14.6. The molecule has 0 fully saturated rings. The van der Waals surface area contributed by atoms with Gasteiger partial charge in [-0.2, -0.15) is 0 Å². The van der Waals surface area contributed by atoms with Crippen LogP contribution in [-0.4, -0.2) is 32.7 Å². The van der Waals surface area contributed by atoms with Crippen molar-refractivity contribution >= 4 is 11.6 Å². The van der Waals surface area contributed by atoms with Gasteiger partial charge in [0.2, 0.25) is 0 Å². The molecule has 4 heteroatoms. The first-order chi connectivity index (χ1) is 11.3. The maximum Gasteiger partial charge on any atom is 0.255 e. The average molecular weight is 310 g/mol. The van der Waals surface area contributed by atoms with E-state index in [1.165, 1.54) is 11.3 Å². The minimum atomic E-state index is -0.0794. The average Bonchev–Trinajstić information content (AvgIpc) is 3.01. The number of carbonyl (C=O) groups is 1. The van der Waals surface area contributed by atoms with Gasteiger partial charge < -0.3 is 15.0 Å². The topological polar surface area (TPSA) is 41.6 Å². The summed E-state index contributed by atoms with van der Waals surface area (Å²) >= 11 is 0. The van der Waals surface area contributed by atoms with Crippen molar-refractivity contribution in [3.05, 3.63) is 59.7 Å². The number of anilines is 1. The maximum atomic E-state index is 12.2. The number of nitrogens with one attached hydrogen (secondary N) is 1. The number of nitrogens with zero attached hydrogens (tertiary/aromatic N) is 1. The van der Waals surface area contributed by atoms with Crippen LogP contribution in [0, 0.1) is 0 Å². The summed E-state index contributed by atoms with van der Waals surface area (Å²) in [5.74, 6) is 0.530. The number of benzene rings is 2. The van der Waals surface area contributed by atoms with Gasteiger partial charge in [0.25, 0.3) is 5.91 Å². The molecule has 0 radical (unpaired) electrons. The van der Waals surface area contributed by atoms with E-state index in [1.54, 1.807) is 19.2 Å². The molecule has 0 aromatic heterocycles. The fourth-order valence-electron chi connectivity index (χ4n) is 3.04. The quantitative estimate of drug-likeness (QED) is 0.834. The molecule has 1 aliphatic heterocycles. The number of hydrogen-bond acceptors (Lipinski definition) is 3. The first kappa shape index (κ1) is 15.4. The van der Waals surface area contributed by atoms with Crippen molar-refractivity contribution in [2.45, 2.75) is 12.8 Å². The van der Waals surface area contributed by atoms with Crippen LogP contribution in [-0.2, 0) is 6.42 Å². The number of fused-ring (bicyclic) bond motifs is 1. The molecular weight excluding hydrogens is 288 g/mol. The number of hydrogen-bond donors (Lipinski definition) is 1. The van der Waals surface area contributed by atoms with E-state index in [-0.39, 0.29) is 5.91 Å². The summed E-state index contributed by atoms with van der Waals surface area (Å²) in [6.07, 6.45) is 2.04. The molecule has 0 unspecified atom stereocenters. The molecule has 0 spiro atoms. The summed E-state index contributed by atoms with van der Waals surface area (Å²) in [6.45, 7) is 2.69. The van der Waals surface area contributed by atoms with Crippen molar-refractivity contribution in [2.24, 2.45) is 0 Å². The third-order valence-electron chi connectivity index (χ3n) is 4.23. The van der Waals surface area contributed by atoms with Crippen molar-refractivity contribution < 1.29 is 9.53 Å². The molecule has 0 atom stereocenters. The fourth-order valence-corrected chi connectivity index (χ4v) is 3.04. The second-order valence-electron chi connectivity index (χ2n) is 5.68. The highest BCUT2D eigenvalue weighted by molar-refractivity contribution is 5.96. The lowest BCUT2D eigenvalue weighted by Crippen LogP contribution is -2.29. The van der Waals surface area contributed by atoms with Crippen LogP contribution in [0.1, 0.15) is 22.3 Å². The van der Waals surface area contributed by atoms with E-state index in [4.69, 9.17) is 4.74 Å². The van der Waals surface area contributed by atoms with E-state index in [2.05, 4.69) is 34.5 Å². The van der Waals surface area contributed by atoms with Gasteiger partial charge in [-0.25, -0.2) is 0 Å². The molecule has 0 saturated carbocycles. The summed E-state index contributed by atoms with van der Waals surface area (Å²) in [6, 6.07) is 15.8. The molecule has 23 heavy (non-hydrogen) atoms. The van der Waals surface area contributed by atoms with Crippen LogP contribution in [0.4, 0.5) is 5.69 Å². The Kier molecular flexibility index (Phi) is 4.81. The molecule has 0 bridgehead atoms. The molecule has 0 saturated heterocycles. The zero-order valence-corrected chi connectivity index (χ0v) is 13.4.